The van der Waals surface area contributed by atoms with Gasteiger partial charge in [0.15, 0.2) is 0 Å². The SMILES string of the molecule is O=C(CCSc1nnc(-c2ccncc2)o1)N1CCC[C@H](c2ccn[nH]2)C1. The van der Waals surface area contributed by atoms with Crippen LogP contribution in [0.1, 0.15) is 30.9 Å². The van der Waals surface area contributed by atoms with E-state index in [1.807, 2.05) is 23.1 Å². The fourth-order valence-corrected chi connectivity index (χ4v) is 3.90. The molecule has 0 aromatic carbocycles. The first kappa shape index (κ1) is 17.7. The lowest BCUT2D eigenvalue weighted by Gasteiger charge is -2.32. The minimum absolute atomic E-state index is 0.167. The molecule has 4 rings (SSSR count). The molecule has 0 unspecified atom stereocenters. The van der Waals surface area contributed by atoms with Crippen LogP contribution in [-0.2, 0) is 4.79 Å². The van der Waals surface area contributed by atoms with E-state index < -0.39 is 0 Å². The van der Waals surface area contributed by atoms with Crippen molar-refractivity contribution in [1.29, 1.82) is 0 Å². The van der Waals surface area contributed by atoms with E-state index in [9.17, 15) is 4.79 Å². The van der Waals surface area contributed by atoms with Crippen LogP contribution in [0, 0.1) is 0 Å². The Morgan fingerprint density at radius 2 is 2.15 bits per heavy atom. The average Bonchev–Trinajstić information content (AvgIpc) is 3.41. The van der Waals surface area contributed by atoms with Gasteiger partial charge in [-0.3, -0.25) is 14.9 Å². The Balaban J connectivity index is 1.27. The number of hydrogen-bond donors (Lipinski definition) is 1. The standard InChI is InChI=1S/C18H20N6O2S/c25-16(24-10-1-2-14(12-24)15-5-9-20-21-15)6-11-27-18-23-22-17(26-18)13-3-7-19-8-4-13/h3-5,7-9,14H,1-2,6,10-12H2,(H,20,21)/t14-/m0/s1. The van der Waals surface area contributed by atoms with Crippen molar-refractivity contribution < 1.29 is 9.21 Å². The first-order valence-electron chi connectivity index (χ1n) is 8.93. The molecule has 1 saturated heterocycles. The summed E-state index contributed by atoms with van der Waals surface area (Å²) in [6.07, 6.45) is 7.67. The number of nitrogens with zero attached hydrogens (tertiary/aromatic N) is 5. The molecule has 0 aliphatic carbocycles. The molecule has 3 aromatic heterocycles. The number of pyridine rings is 1. The summed E-state index contributed by atoms with van der Waals surface area (Å²) >= 11 is 1.41. The van der Waals surface area contributed by atoms with Crippen molar-refractivity contribution >= 4 is 17.7 Å². The fourth-order valence-electron chi connectivity index (χ4n) is 3.21. The van der Waals surface area contributed by atoms with Crippen molar-refractivity contribution in [3.05, 3.63) is 42.5 Å². The molecule has 4 heterocycles. The number of rotatable bonds is 6. The summed E-state index contributed by atoms with van der Waals surface area (Å²) in [7, 11) is 0. The second kappa shape index (κ2) is 8.34. The van der Waals surface area contributed by atoms with E-state index in [0.717, 1.165) is 37.2 Å². The van der Waals surface area contributed by atoms with Crippen LogP contribution >= 0.6 is 11.8 Å². The zero-order chi connectivity index (χ0) is 18.5. The zero-order valence-electron chi connectivity index (χ0n) is 14.7. The summed E-state index contributed by atoms with van der Waals surface area (Å²) in [6.45, 7) is 1.57. The van der Waals surface area contributed by atoms with E-state index in [1.54, 1.807) is 18.6 Å². The van der Waals surface area contributed by atoms with Crippen LogP contribution in [0.2, 0.25) is 0 Å². The highest BCUT2D eigenvalue weighted by molar-refractivity contribution is 7.99. The molecule has 1 amide bonds. The van der Waals surface area contributed by atoms with E-state index in [1.165, 1.54) is 11.8 Å². The monoisotopic (exact) mass is 384 g/mol. The van der Waals surface area contributed by atoms with Crippen LogP contribution in [0.4, 0.5) is 0 Å². The van der Waals surface area contributed by atoms with Gasteiger partial charge < -0.3 is 9.32 Å². The van der Waals surface area contributed by atoms with Crippen LogP contribution in [0.25, 0.3) is 11.5 Å². The maximum atomic E-state index is 12.5. The summed E-state index contributed by atoms with van der Waals surface area (Å²) < 4.78 is 5.64. The number of thioether (sulfide) groups is 1. The van der Waals surface area contributed by atoms with Crippen LogP contribution in [-0.4, -0.2) is 55.0 Å². The minimum atomic E-state index is 0.167. The fraction of sp³-hybridized carbons (Fsp3) is 0.389. The number of amides is 1. The molecule has 1 fully saturated rings. The van der Waals surface area contributed by atoms with E-state index in [2.05, 4.69) is 25.4 Å². The number of H-pyrrole nitrogens is 1. The van der Waals surface area contributed by atoms with Crippen LogP contribution < -0.4 is 0 Å². The molecule has 3 aromatic rings. The molecule has 1 aliphatic heterocycles. The van der Waals surface area contributed by atoms with Gasteiger partial charge in [-0.1, -0.05) is 11.8 Å². The number of likely N-dealkylation sites (tertiary alicyclic amines) is 1. The van der Waals surface area contributed by atoms with Gasteiger partial charge in [-0.25, -0.2) is 0 Å². The Hall–Kier alpha value is -2.68. The van der Waals surface area contributed by atoms with Crippen molar-refractivity contribution in [3.63, 3.8) is 0 Å². The van der Waals surface area contributed by atoms with Gasteiger partial charge in [-0.2, -0.15) is 5.10 Å². The molecule has 0 bridgehead atoms. The van der Waals surface area contributed by atoms with Gasteiger partial charge in [0, 0.05) is 61.0 Å². The molecule has 8 nitrogen and oxygen atoms in total. The predicted octanol–water partition coefficient (Wildman–Crippen LogP) is 2.74. The molecule has 0 spiro atoms. The third kappa shape index (κ3) is 4.36. The van der Waals surface area contributed by atoms with Crippen LogP contribution in [0.15, 0.2) is 46.4 Å². The predicted molar refractivity (Wildman–Crippen MR) is 100 cm³/mol. The van der Waals surface area contributed by atoms with Gasteiger partial charge in [0.25, 0.3) is 5.22 Å². The van der Waals surface area contributed by atoms with E-state index in [-0.39, 0.29) is 5.91 Å². The Morgan fingerprint density at radius 1 is 1.26 bits per heavy atom. The smallest absolute Gasteiger partial charge is 0.276 e. The number of aromatic nitrogens is 5. The lowest BCUT2D eigenvalue weighted by molar-refractivity contribution is -0.131. The van der Waals surface area contributed by atoms with Crippen LogP contribution in [0.5, 0.6) is 0 Å². The maximum Gasteiger partial charge on any atom is 0.276 e. The molecular formula is C18H20N6O2S. The normalized spacial score (nSPS) is 17.2. The van der Waals surface area contributed by atoms with Crippen molar-refractivity contribution in [2.75, 3.05) is 18.8 Å². The van der Waals surface area contributed by atoms with Crippen molar-refractivity contribution in [2.24, 2.45) is 0 Å². The highest BCUT2D eigenvalue weighted by Gasteiger charge is 2.25. The summed E-state index contributed by atoms with van der Waals surface area (Å²) in [4.78, 5) is 18.5. The van der Waals surface area contributed by atoms with Gasteiger partial charge in [-0.15, -0.1) is 10.2 Å². The number of aromatic amines is 1. The highest BCUT2D eigenvalue weighted by Crippen LogP contribution is 2.27. The Kier molecular flexibility index (Phi) is 5.47. The summed E-state index contributed by atoms with van der Waals surface area (Å²) in [5, 5.41) is 15.6. The van der Waals surface area contributed by atoms with Crippen molar-refractivity contribution in [2.45, 2.75) is 30.4 Å². The van der Waals surface area contributed by atoms with E-state index in [4.69, 9.17) is 4.42 Å². The second-order valence-electron chi connectivity index (χ2n) is 6.40. The quantitative estimate of drug-likeness (QED) is 0.652. The van der Waals surface area contributed by atoms with Crippen molar-refractivity contribution in [3.8, 4) is 11.5 Å². The summed E-state index contributed by atoms with van der Waals surface area (Å²) in [5.41, 5.74) is 1.94. The van der Waals surface area contributed by atoms with Crippen LogP contribution in [0.3, 0.4) is 0 Å². The summed E-state index contributed by atoms with van der Waals surface area (Å²) in [5.74, 6) is 1.59. The van der Waals surface area contributed by atoms with Gasteiger partial charge in [-0.05, 0) is 31.0 Å². The van der Waals surface area contributed by atoms with Gasteiger partial charge >= 0.3 is 0 Å². The molecule has 1 atom stereocenters. The number of nitrogens with one attached hydrogen (secondary N) is 1. The third-order valence-electron chi connectivity index (χ3n) is 4.61. The molecular weight excluding hydrogens is 364 g/mol. The van der Waals surface area contributed by atoms with Gasteiger partial charge in [0.1, 0.15) is 0 Å². The zero-order valence-corrected chi connectivity index (χ0v) is 15.6. The Labute approximate surface area is 160 Å². The number of hydrogen-bond acceptors (Lipinski definition) is 7. The third-order valence-corrected chi connectivity index (χ3v) is 5.43. The second-order valence-corrected chi connectivity index (χ2v) is 7.44. The number of carbonyl (C=O) groups excluding carboxylic acids is 1. The number of carbonyl (C=O) groups is 1. The lowest BCUT2D eigenvalue weighted by Crippen LogP contribution is -2.39. The molecule has 0 saturated carbocycles. The first-order chi connectivity index (χ1) is 13.3. The Morgan fingerprint density at radius 3 is 2.96 bits per heavy atom. The molecule has 27 heavy (non-hydrogen) atoms. The molecule has 1 aliphatic rings. The summed E-state index contributed by atoms with van der Waals surface area (Å²) in [6, 6.07) is 5.63. The largest absolute Gasteiger partial charge is 0.411 e. The van der Waals surface area contributed by atoms with Gasteiger partial charge in [0.05, 0.1) is 0 Å². The minimum Gasteiger partial charge on any atom is -0.411 e. The maximum absolute atomic E-state index is 12.5. The van der Waals surface area contributed by atoms with Crippen molar-refractivity contribution in [1.82, 2.24) is 30.3 Å². The highest BCUT2D eigenvalue weighted by atomic mass is 32.2. The first-order valence-corrected chi connectivity index (χ1v) is 9.92. The van der Waals surface area contributed by atoms with E-state index in [0.29, 0.717) is 29.2 Å². The van der Waals surface area contributed by atoms with Gasteiger partial charge in [0.2, 0.25) is 11.8 Å². The number of piperidine rings is 1. The molecule has 0 radical (unpaired) electrons. The van der Waals surface area contributed by atoms with E-state index >= 15 is 0 Å². The average molecular weight is 384 g/mol. The Bertz CT molecular complexity index is 867. The topological polar surface area (TPSA) is 101 Å². The molecule has 140 valence electrons. The molecule has 1 N–H and O–H groups in total. The molecule has 9 heteroatoms. The lowest BCUT2D eigenvalue weighted by atomic mass is 9.95.